The summed E-state index contributed by atoms with van der Waals surface area (Å²) in [5.41, 5.74) is 0.567. The van der Waals surface area contributed by atoms with Crippen molar-refractivity contribution in [2.75, 3.05) is 5.32 Å². The van der Waals surface area contributed by atoms with Crippen LogP contribution in [-0.2, 0) is 12.7 Å². The molecule has 0 amide bonds. The first kappa shape index (κ1) is 14.3. The van der Waals surface area contributed by atoms with Gasteiger partial charge in [0.2, 0.25) is 0 Å². The molecule has 0 aliphatic rings. The average molecular weight is 302 g/mol. The SMILES string of the molecule is O=C(O)c1ccc(NCc2cscn2)cc1C(F)(F)F. The van der Waals surface area contributed by atoms with Crippen LogP contribution in [0.25, 0.3) is 0 Å². The van der Waals surface area contributed by atoms with Crippen LogP contribution < -0.4 is 5.32 Å². The highest BCUT2D eigenvalue weighted by Gasteiger charge is 2.35. The van der Waals surface area contributed by atoms with Gasteiger partial charge in [0, 0.05) is 11.1 Å². The minimum Gasteiger partial charge on any atom is -0.478 e. The molecule has 0 radical (unpaired) electrons. The summed E-state index contributed by atoms with van der Waals surface area (Å²) in [6.45, 7) is 0.271. The number of nitrogens with zero attached hydrogens (tertiary/aromatic N) is 1. The standard InChI is InChI=1S/C12H9F3N2O2S/c13-12(14,15)10-3-7(1-2-9(10)11(18)19)16-4-8-5-20-6-17-8/h1-3,5-6,16H,4H2,(H,18,19). The highest BCUT2D eigenvalue weighted by atomic mass is 32.1. The van der Waals surface area contributed by atoms with E-state index in [2.05, 4.69) is 10.3 Å². The number of halogens is 3. The van der Waals surface area contributed by atoms with E-state index in [-0.39, 0.29) is 12.2 Å². The lowest BCUT2D eigenvalue weighted by molar-refractivity contribution is -0.138. The van der Waals surface area contributed by atoms with E-state index in [1.54, 1.807) is 10.9 Å². The molecule has 2 aromatic rings. The molecule has 0 aliphatic carbocycles. The fourth-order valence-corrected chi connectivity index (χ4v) is 2.15. The topological polar surface area (TPSA) is 62.2 Å². The number of nitrogens with one attached hydrogen (secondary N) is 1. The molecular formula is C12H9F3N2O2S. The minimum absolute atomic E-state index is 0.190. The van der Waals surface area contributed by atoms with Crippen LogP contribution in [0.1, 0.15) is 21.6 Å². The molecule has 0 atom stereocenters. The molecule has 106 valence electrons. The van der Waals surface area contributed by atoms with E-state index < -0.39 is 23.3 Å². The zero-order valence-corrected chi connectivity index (χ0v) is 10.8. The van der Waals surface area contributed by atoms with Crippen molar-refractivity contribution < 1.29 is 23.1 Å². The first-order chi connectivity index (χ1) is 9.38. The Labute approximate surface area is 115 Å². The average Bonchev–Trinajstić information content (AvgIpc) is 2.88. The van der Waals surface area contributed by atoms with Gasteiger partial charge in [0.15, 0.2) is 0 Å². The van der Waals surface area contributed by atoms with Gasteiger partial charge < -0.3 is 10.4 Å². The molecule has 1 aromatic carbocycles. The number of hydrogen-bond donors (Lipinski definition) is 2. The molecule has 2 rings (SSSR count). The van der Waals surface area contributed by atoms with Gasteiger partial charge in [-0.05, 0) is 18.2 Å². The molecular weight excluding hydrogens is 293 g/mol. The number of rotatable bonds is 4. The van der Waals surface area contributed by atoms with Crippen molar-refractivity contribution in [3.05, 3.63) is 45.9 Å². The summed E-state index contributed by atoms with van der Waals surface area (Å²) in [5.74, 6) is -1.61. The van der Waals surface area contributed by atoms with Crippen LogP contribution in [-0.4, -0.2) is 16.1 Å². The van der Waals surface area contributed by atoms with Gasteiger partial charge in [-0.2, -0.15) is 13.2 Å². The molecule has 2 N–H and O–H groups in total. The molecule has 1 heterocycles. The first-order valence-electron chi connectivity index (χ1n) is 5.43. The van der Waals surface area contributed by atoms with E-state index in [0.29, 0.717) is 5.69 Å². The Bertz CT molecular complexity index is 612. The minimum atomic E-state index is -4.72. The molecule has 0 aliphatic heterocycles. The Morgan fingerprint density at radius 1 is 1.40 bits per heavy atom. The normalized spacial score (nSPS) is 11.3. The predicted molar refractivity (Wildman–Crippen MR) is 67.8 cm³/mol. The fourth-order valence-electron chi connectivity index (χ4n) is 1.59. The van der Waals surface area contributed by atoms with Crippen molar-refractivity contribution in [2.45, 2.75) is 12.7 Å². The molecule has 1 aromatic heterocycles. The largest absolute Gasteiger partial charge is 0.478 e. The summed E-state index contributed by atoms with van der Waals surface area (Å²) in [7, 11) is 0. The van der Waals surface area contributed by atoms with E-state index in [0.717, 1.165) is 12.1 Å². The summed E-state index contributed by atoms with van der Waals surface area (Å²) in [6.07, 6.45) is -4.72. The number of aromatic nitrogens is 1. The maximum atomic E-state index is 12.8. The maximum absolute atomic E-state index is 12.8. The lowest BCUT2D eigenvalue weighted by Gasteiger charge is -2.13. The Hall–Kier alpha value is -2.09. The van der Waals surface area contributed by atoms with Crippen LogP contribution in [0.2, 0.25) is 0 Å². The zero-order chi connectivity index (χ0) is 14.8. The highest BCUT2D eigenvalue weighted by Crippen LogP contribution is 2.34. The second kappa shape index (κ2) is 5.49. The number of thiazole rings is 1. The second-order valence-corrected chi connectivity index (χ2v) is 4.62. The smallest absolute Gasteiger partial charge is 0.417 e. The van der Waals surface area contributed by atoms with Gasteiger partial charge in [0.1, 0.15) is 0 Å². The van der Waals surface area contributed by atoms with Gasteiger partial charge in [-0.25, -0.2) is 9.78 Å². The number of carbonyl (C=O) groups is 1. The summed E-state index contributed by atoms with van der Waals surface area (Å²) >= 11 is 1.38. The Kier molecular flexibility index (Phi) is 3.93. The number of benzene rings is 1. The number of alkyl halides is 3. The molecule has 8 heteroatoms. The first-order valence-corrected chi connectivity index (χ1v) is 6.37. The van der Waals surface area contributed by atoms with Gasteiger partial charge in [-0.3, -0.25) is 0 Å². The molecule has 0 saturated carbocycles. The van der Waals surface area contributed by atoms with E-state index in [9.17, 15) is 18.0 Å². The molecule has 0 fully saturated rings. The van der Waals surface area contributed by atoms with E-state index in [1.807, 2.05) is 0 Å². The summed E-state index contributed by atoms with van der Waals surface area (Å²) in [6, 6.07) is 3.02. The van der Waals surface area contributed by atoms with Crippen LogP contribution in [0.4, 0.5) is 18.9 Å². The summed E-state index contributed by atoms with van der Waals surface area (Å²) in [4.78, 5) is 14.8. The van der Waals surface area contributed by atoms with Crippen molar-refractivity contribution in [1.29, 1.82) is 0 Å². The van der Waals surface area contributed by atoms with Gasteiger partial charge >= 0.3 is 12.1 Å². The van der Waals surface area contributed by atoms with E-state index >= 15 is 0 Å². The quantitative estimate of drug-likeness (QED) is 0.907. The van der Waals surface area contributed by atoms with E-state index in [1.165, 1.54) is 17.4 Å². The summed E-state index contributed by atoms with van der Waals surface area (Å²) < 4.78 is 38.4. The van der Waals surface area contributed by atoms with E-state index in [4.69, 9.17) is 5.11 Å². The van der Waals surface area contributed by atoms with Crippen molar-refractivity contribution in [2.24, 2.45) is 0 Å². The molecule has 20 heavy (non-hydrogen) atoms. The lowest BCUT2D eigenvalue weighted by atomic mass is 10.1. The van der Waals surface area contributed by atoms with Gasteiger partial charge in [0.25, 0.3) is 0 Å². The third-order valence-corrected chi connectivity index (χ3v) is 3.15. The van der Waals surface area contributed by atoms with Crippen molar-refractivity contribution in [3.63, 3.8) is 0 Å². The predicted octanol–water partition coefficient (Wildman–Crippen LogP) is 3.47. The lowest BCUT2D eigenvalue weighted by Crippen LogP contribution is -2.13. The third-order valence-electron chi connectivity index (χ3n) is 2.51. The zero-order valence-electron chi connectivity index (χ0n) is 9.94. The van der Waals surface area contributed by atoms with Crippen molar-refractivity contribution in [1.82, 2.24) is 4.98 Å². The summed E-state index contributed by atoms with van der Waals surface area (Å²) in [5, 5.41) is 13.3. The van der Waals surface area contributed by atoms with Crippen LogP contribution in [0.5, 0.6) is 0 Å². The fraction of sp³-hybridized carbons (Fsp3) is 0.167. The second-order valence-electron chi connectivity index (χ2n) is 3.90. The van der Waals surface area contributed by atoms with Crippen molar-refractivity contribution >= 4 is 23.0 Å². The van der Waals surface area contributed by atoms with Gasteiger partial charge in [-0.1, -0.05) is 0 Å². The Morgan fingerprint density at radius 2 is 2.15 bits per heavy atom. The Morgan fingerprint density at radius 3 is 2.70 bits per heavy atom. The third kappa shape index (κ3) is 3.27. The number of hydrogen-bond acceptors (Lipinski definition) is 4. The van der Waals surface area contributed by atoms with Crippen LogP contribution in [0.3, 0.4) is 0 Å². The monoisotopic (exact) mass is 302 g/mol. The maximum Gasteiger partial charge on any atom is 0.417 e. The van der Waals surface area contributed by atoms with Crippen LogP contribution in [0.15, 0.2) is 29.1 Å². The van der Waals surface area contributed by atoms with Crippen LogP contribution in [0, 0.1) is 0 Å². The number of carboxylic acids is 1. The highest BCUT2D eigenvalue weighted by molar-refractivity contribution is 7.07. The molecule has 0 spiro atoms. The Balaban J connectivity index is 2.25. The number of carboxylic acid groups (broad SMARTS) is 1. The number of aromatic carboxylic acids is 1. The molecule has 0 bridgehead atoms. The molecule has 4 nitrogen and oxygen atoms in total. The number of anilines is 1. The van der Waals surface area contributed by atoms with Crippen LogP contribution >= 0.6 is 11.3 Å². The van der Waals surface area contributed by atoms with Gasteiger partial charge in [0.05, 0.1) is 28.9 Å². The van der Waals surface area contributed by atoms with Gasteiger partial charge in [-0.15, -0.1) is 11.3 Å². The molecule has 0 unspecified atom stereocenters. The molecule has 0 saturated heterocycles. The van der Waals surface area contributed by atoms with Crippen molar-refractivity contribution in [3.8, 4) is 0 Å².